The van der Waals surface area contributed by atoms with Gasteiger partial charge in [0.1, 0.15) is 11.6 Å². The highest BCUT2D eigenvalue weighted by molar-refractivity contribution is 5.83. The molecule has 0 aliphatic carbocycles. The molecule has 2 aromatic carbocycles. The monoisotopic (exact) mass is 375 g/mol. The highest BCUT2D eigenvalue weighted by Crippen LogP contribution is 2.18. The van der Waals surface area contributed by atoms with Crippen LogP contribution in [-0.2, 0) is 13.0 Å². The first kappa shape index (κ1) is 18.0. The number of halogens is 1. The van der Waals surface area contributed by atoms with E-state index in [1.165, 1.54) is 23.1 Å². The predicted octanol–water partition coefficient (Wildman–Crippen LogP) is 4.67. The summed E-state index contributed by atoms with van der Waals surface area (Å²) in [6.45, 7) is 3.25. The Hall–Kier alpha value is -3.41. The number of nitrogens with one attached hydrogen (secondary N) is 3. The normalized spacial score (nSPS) is 10.9. The maximum Gasteiger partial charge on any atom is 0.224 e. The van der Waals surface area contributed by atoms with E-state index < -0.39 is 0 Å². The Morgan fingerprint density at radius 2 is 1.82 bits per heavy atom. The molecule has 0 bridgehead atoms. The van der Waals surface area contributed by atoms with Gasteiger partial charge in [-0.25, -0.2) is 9.37 Å². The predicted molar refractivity (Wildman–Crippen MR) is 111 cm³/mol. The molecule has 6 heteroatoms. The Morgan fingerprint density at radius 3 is 2.68 bits per heavy atom. The van der Waals surface area contributed by atoms with E-state index in [1.807, 2.05) is 19.1 Å². The van der Waals surface area contributed by atoms with Crippen molar-refractivity contribution in [2.45, 2.75) is 19.9 Å². The number of aromatic amines is 1. The average molecular weight is 375 g/mol. The van der Waals surface area contributed by atoms with Crippen LogP contribution in [-0.4, -0.2) is 21.5 Å². The van der Waals surface area contributed by atoms with Crippen molar-refractivity contribution in [1.29, 1.82) is 0 Å². The summed E-state index contributed by atoms with van der Waals surface area (Å²) in [5, 5.41) is 7.83. The van der Waals surface area contributed by atoms with Crippen molar-refractivity contribution < 1.29 is 4.39 Å². The van der Waals surface area contributed by atoms with E-state index in [4.69, 9.17) is 0 Å². The van der Waals surface area contributed by atoms with Crippen LogP contribution in [0.15, 0.2) is 60.8 Å². The first-order chi connectivity index (χ1) is 13.7. The zero-order valence-electron chi connectivity index (χ0n) is 15.7. The van der Waals surface area contributed by atoms with Gasteiger partial charge in [0.25, 0.3) is 0 Å². The summed E-state index contributed by atoms with van der Waals surface area (Å²) in [6.07, 6.45) is 2.93. The van der Waals surface area contributed by atoms with Crippen LogP contribution in [0.25, 0.3) is 10.9 Å². The lowest BCUT2D eigenvalue weighted by molar-refractivity contribution is 0.627. The van der Waals surface area contributed by atoms with Crippen LogP contribution in [0.4, 0.5) is 16.2 Å². The maximum atomic E-state index is 13.0. The number of para-hydroxylation sites is 1. The van der Waals surface area contributed by atoms with Crippen molar-refractivity contribution in [3.05, 3.63) is 83.4 Å². The molecule has 0 unspecified atom stereocenters. The van der Waals surface area contributed by atoms with Crippen LogP contribution in [0.1, 0.15) is 16.8 Å². The topological polar surface area (TPSA) is 65.6 Å². The Labute approximate surface area is 163 Å². The van der Waals surface area contributed by atoms with E-state index >= 15 is 0 Å². The molecule has 0 aliphatic heterocycles. The number of hydrogen-bond acceptors (Lipinski definition) is 4. The zero-order valence-corrected chi connectivity index (χ0v) is 15.7. The second-order valence-electron chi connectivity index (χ2n) is 6.73. The van der Waals surface area contributed by atoms with Crippen LogP contribution in [0, 0.1) is 12.7 Å². The van der Waals surface area contributed by atoms with Gasteiger partial charge in [0.05, 0.1) is 0 Å². The highest BCUT2D eigenvalue weighted by Gasteiger charge is 2.05. The molecule has 0 atom stereocenters. The molecule has 0 saturated heterocycles. The number of anilines is 2. The van der Waals surface area contributed by atoms with Gasteiger partial charge in [0.15, 0.2) is 0 Å². The number of aromatic nitrogens is 3. The number of fused-ring (bicyclic) bond motifs is 1. The van der Waals surface area contributed by atoms with Gasteiger partial charge in [-0.05, 0) is 42.7 Å². The Bertz CT molecular complexity index is 1070. The van der Waals surface area contributed by atoms with Gasteiger partial charge in [-0.2, -0.15) is 4.98 Å². The molecule has 28 heavy (non-hydrogen) atoms. The Kier molecular flexibility index (Phi) is 5.19. The molecular weight excluding hydrogens is 353 g/mol. The Morgan fingerprint density at radius 1 is 1.00 bits per heavy atom. The minimum Gasteiger partial charge on any atom is -0.366 e. The molecule has 0 spiro atoms. The lowest BCUT2D eigenvalue weighted by Crippen LogP contribution is -2.10. The first-order valence-electron chi connectivity index (χ1n) is 9.30. The number of nitrogens with zero attached hydrogens (tertiary/aromatic N) is 2. The summed E-state index contributed by atoms with van der Waals surface area (Å²) in [5.74, 6) is 1.11. The molecule has 2 aromatic heterocycles. The van der Waals surface area contributed by atoms with Gasteiger partial charge in [-0.3, -0.25) is 0 Å². The number of hydrogen-bond donors (Lipinski definition) is 3. The van der Waals surface area contributed by atoms with Crippen LogP contribution in [0.3, 0.4) is 0 Å². The maximum absolute atomic E-state index is 13.0. The van der Waals surface area contributed by atoms with Gasteiger partial charge in [0, 0.05) is 41.9 Å². The molecule has 0 saturated carbocycles. The molecule has 0 fully saturated rings. The van der Waals surface area contributed by atoms with Gasteiger partial charge >= 0.3 is 0 Å². The molecule has 2 heterocycles. The van der Waals surface area contributed by atoms with E-state index in [1.54, 1.807) is 12.1 Å². The van der Waals surface area contributed by atoms with Crippen LogP contribution in [0.2, 0.25) is 0 Å². The van der Waals surface area contributed by atoms with E-state index in [-0.39, 0.29) is 5.82 Å². The van der Waals surface area contributed by atoms with Crippen LogP contribution < -0.4 is 10.6 Å². The summed E-state index contributed by atoms with van der Waals surface area (Å²) in [7, 11) is 0. The fourth-order valence-electron chi connectivity index (χ4n) is 3.18. The lowest BCUT2D eigenvalue weighted by Gasteiger charge is -2.10. The highest BCUT2D eigenvalue weighted by atomic mass is 19.1. The summed E-state index contributed by atoms with van der Waals surface area (Å²) in [6, 6.07) is 16.6. The average Bonchev–Trinajstić information content (AvgIpc) is 3.11. The van der Waals surface area contributed by atoms with Crippen molar-refractivity contribution in [3.63, 3.8) is 0 Å². The second kappa shape index (κ2) is 8.08. The molecular formula is C22H22FN5. The molecule has 4 rings (SSSR count). The third kappa shape index (κ3) is 4.28. The molecule has 5 nitrogen and oxygen atoms in total. The number of rotatable bonds is 7. The van der Waals surface area contributed by atoms with Gasteiger partial charge in [-0.15, -0.1) is 0 Å². The molecule has 3 N–H and O–H groups in total. The number of aryl methyl sites for hydroxylation is 1. The van der Waals surface area contributed by atoms with E-state index in [0.29, 0.717) is 12.5 Å². The third-order valence-corrected chi connectivity index (χ3v) is 4.59. The van der Waals surface area contributed by atoms with E-state index in [2.05, 4.69) is 50.0 Å². The molecule has 142 valence electrons. The largest absolute Gasteiger partial charge is 0.366 e. The van der Waals surface area contributed by atoms with Crippen molar-refractivity contribution >= 4 is 22.7 Å². The third-order valence-electron chi connectivity index (χ3n) is 4.59. The van der Waals surface area contributed by atoms with Gasteiger partial charge < -0.3 is 15.6 Å². The summed E-state index contributed by atoms with van der Waals surface area (Å²) in [5.41, 5.74) is 4.29. The minimum absolute atomic E-state index is 0.233. The molecule has 4 aromatic rings. The second-order valence-corrected chi connectivity index (χ2v) is 6.73. The fraction of sp³-hybridized carbons (Fsp3) is 0.182. The van der Waals surface area contributed by atoms with Crippen molar-refractivity contribution in [1.82, 2.24) is 15.0 Å². The molecule has 0 radical (unpaired) electrons. The molecule has 0 amide bonds. The van der Waals surface area contributed by atoms with Gasteiger partial charge in [0.2, 0.25) is 5.95 Å². The number of benzene rings is 2. The van der Waals surface area contributed by atoms with Crippen LogP contribution >= 0.6 is 0 Å². The molecule has 0 aliphatic rings. The Balaban J connectivity index is 1.37. The fourth-order valence-corrected chi connectivity index (χ4v) is 3.18. The summed E-state index contributed by atoms with van der Waals surface area (Å²) < 4.78 is 13.0. The minimum atomic E-state index is -0.233. The van der Waals surface area contributed by atoms with Crippen molar-refractivity contribution in [2.24, 2.45) is 0 Å². The zero-order chi connectivity index (χ0) is 19.3. The van der Waals surface area contributed by atoms with Crippen LogP contribution in [0.5, 0.6) is 0 Å². The lowest BCUT2D eigenvalue weighted by atomic mass is 10.1. The summed E-state index contributed by atoms with van der Waals surface area (Å²) >= 11 is 0. The number of H-pyrrole nitrogens is 1. The van der Waals surface area contributed by atoms with E-state index in [9.17, 15) is 4.39 Å². The van der Waals surface area contributed by atoms with Gasteiger partial charge in [-0.1, -0.05) is 30.3 Å². The quantitative estimate of drug-likeness (QED) is 0.439. The first-order valence-corrected chi connectivity index (χ1v) is 9.30. The van der Waals surface area contributed by atoms with Crippen molar-refractivity contribution in [2.75, 3.05) is 17.2 Å². The standard InChI is InChI=1S/C22H22FN5/c1-15-12-21(26-13-16-6-8-18(23)9-7-16)28-22(27-15)24-11-10-17-14-25-20-5-3-2-4-19(17)20/h2-9,12,14,25H,10-11,13H2,1H3,(H2,24,26,27,28). The SMILES string of the molecule is Cc1cc(NCc2ccc(F)cc2)nc(NCCc2c[nH]c3ccccc23)n1. The summed E-state index contributed by atoms with van der Waals surface area (Å²) in [4.78, 5) is 12.3. The smallest absolute Gasteiger partial charge is 0.224 e. The van der Waals surface area contributed by atoms with Crippen molar-refractivity contribution in [3.8, 4) is 0 Å². The van der Waals surface area contributed by atoms with E-state index in [0.717, 1.165) is 35.6 Å².